The molecule has 6 heteroatoms. The molecule has 5 heterocycles. The Morgan fingerprint density at radius 3 is 1.52 bits per heavy atom. The fourth-order valence-corrected chi connectivity index (χ4v) is 9.95. The molecule has 0 unspecified atom stereocenters. The Kier molecular flexibility index (Phi) is 5.85. The average molecular weight is 826 g/mol. The van der Waals surface area contributed by atoms with E-state index in [1.165, 1.54) is 4.57 Å². The van der Waals surface area contributed by atoms with E-state index in [1.54, 1.807) is 6.07 Å². The van der Waals surface area contributed by atoms with E-state index >= 15 is 0 Å². The molecular weight excluding hydrogens is 783 g/mol. The molecule has 6 nitrogen and oxygen atoms in total. The Morgan fingerprint density at radius 2 is 0.891 bits per heavy atom. The molecule has 0 N–H and O–H groups in total. The summed E-state index contributed by atoms with van der Waals surface area (Å²) >= 11 is 0. The van der Waals surface area contributed by atoms with Crippen LogP contribution in [0, 0.1) is 0 Å². The molecule has 0 aliphatic carbocycles. The topological polar surface area (TPSA) is 53.7 Å². The van der Waals surface area contributed by atoms with Crippen LogP contribution < -0.4 is 0 Å². The Morgan fingerprint density at radius 1 is 0.391 bits per heavy atom. The number of rotatable bonds is 5. The summed E-state index contributed by atoms with van der Waals surface area (Å²) < 4.78 is 85.1. The minimum absolute atomic E-state index is 0.0496. The molecule has 298 valence electrons. The lowest BCUT2D eigenvalue weighted by Gasteiger charge is -2.20. The Labute approximate surface area is 377 Å². The maximum absolute atomic E-state index is 9.49. The van der Waals surface area contributed by atoms with E-state index < -0.39 is 48.3 Å². The van der Waals surface area contributed by atoms with Gasteiger partial charge in [-0.05, 0) is 65.7 Å². The van der Waals surface area contributed by atoms with Gasteiger partial charge in [0, 0.05) is 54.7 Å². The highest BCUT2D eigenvalue weighted by Gasteiger charge is 2.25. The highest BCUT2D eigenvalue weighted by Crippen LogP contribution is 2.45. The molecule has 0 atom stereocenters. The zero-order valence-electron chi connectivity index (χ0n) is 41.7. The molecule has 0 bridgehead atoms. The third kappa shape index (κ3) is 4.90. The molecule has 14 aromatic rings. The predicted octanol–water partition coefficient (Wildman–Crippen LogP) is 15.0. The summed E-state index contributed by atoms with van der Waals surface area (Å²) in [5.74, 6) is 0.327. The predicted molar refractivity (Wildman–Crippen MR) is 263 cm³/mol. The largest absolute Gasteiger partial charge is 0.456 e. The summed E-state index contributed by atoms with van der Waals surface area (Å²) in [7, 11) is 0. The molecule has 0 amide bonds. The smallest absolute Gasteiger partial charge is 0.237 e. The van der Waals surface area contributed by atoms with Crippen LogP contribution in [0.1, 0.15) is 11.0 Å². The first-order chi connectivity index (χ1) is 35.1. The summed E-state index contributed by atoms with van der Waals surface area (Å²) in [5, 5.41) is 5.74. The maximum Gasteiger partial charge on any atom is 0.237 e. The molecular formula is C58H35N5O. The molecule has 0 aliphatic rings. The van der Waals surface area contributed by atoms with Gasteiger partial charge in [-0.25, -0.2) is 4.98 Å². The fourth-order valence-electron chi connectivity index (χ4n) is 9.95. The van der Waals surface area contributed by atoms with Gasteiger partial charge < -0.3 is 8.98 Å². The Hall–Kier alpha value is -8.74. The lowest BCUT2D eigenvalue weighted by atomic mass is 9.92. The molecule has 14 rings (SSSR count). The molecule has 0 aliphatic heterocycles. The number of hydrogen-bond acceptors (Lipinski definition) is 3. The summed E-state index contributed by atoms with van der Waals surface area (Å²) in [6, 6.07) is 50.6. The molecule has 9 aromatic carbocycles. The number of nitrogens with zero attached hydrogens (tertiary/aromatic N) is 5. The van der Waals surface area contributed by atoms with E-state index in [0.29, 0.717) is 16.8 Å². The Bertz CT molecular complexity index is 4520. The van der Waals surface area contributed by atoms with E-state index in [1.807, 2.05) is 114 Å². The minimum Gasteiger partial charge on any atom is -0.456 e. The van der Waals surface area contributed by atoms with Gasteiger partial charge in [-0.1, -0.05) is 152 Å². The summed E-state index contributed by atoms with van der Waals surface area (Å²) in [6.07, 6.45) is 0. The summed E-state index contributed by atoms with van der Waals surface area (Å²) in [4.78, 5) is 11.0. The third-order valence-corrected chi connectivity index (χ3v) is 12.6. The lowest BCUT2D eigenvalue weighted by Crippen LogP contribution is -2.09. The normalized spacial score (nSPS) is 13.8. The van der Waals surface area contributed by atoms with Crippen LogP contribution in [0.3, 0.4) is 0 Å². The molecule has 5 aromatic heterocycles. The van der Waals surface area contributed by atoms with Gasteiger partial charge in [-0.2, -0.15) is 4.98 Å². The van der Waals surface area contributed by atoms with E-state index in [-0.39, 0.29) is 33.6 Å². The first kappa shape index (κ1) is 28.0. The van der Waals surface area contributed by atoms with Crippen LogP contribution in [0.5, 0.6) is 0 Å². The fraction of sp³-hybridized carbons (Fsp3) is 0. The molecule has 0 saturated carbocycles. The van der Waals surface area contributed by atoms with Crippen LogP contribution in [0.4, 0.5) is 0 Å². The van der Waals surface area contributed by atoms with Crippen molar-refractivity contribution in [2.75, 3.05) is 0 Å². The molecule has 0 fully saturated rings. The zero-order valence-corrected chi connectivity index (χ0v) is 33.7. The van der Waals surface area contributed by atoms with Gasteiger partial charge >= 0.3 is 0 Å². The minimum atomic E-state index is -0.529. The quantitative estimate of drug-likeness (QED) is 0.174. The van der Waals surface area contributed by atoms with Crippen molar-refractivity contribution in [2.45, 2.75) is 0 Å². The van der Waals surface area contributed by atoms with Crippen LogP contribution in [0.15, 0.2) is 217 Å². The number of hydrogen-bond donors (Lipinski definition) is 0. The van der Waals surface area contributed by atoms with Crippen LogP contribution in [0.2, 0.25) is 0 Å². The van der Waals surface area contributed by atoms with Crippen LogP contribution in [-0.2, 0) is 0 Å². The SMILES string of the molecule is [2H]c1c([2H])c([2H])c2c(c1[2H])c1c([2H])c([2H])c([2H])c([2H])c1n2-c1cc(-c2c(-c3cccc4oc5ccccc5c34)cccc2-n2c3ccccc3c3ccccc32)nc(-n2c3ccccc3c3ccccc32)n1. The maximum atomic E-state index is 9.49. The number of furan rings is 1. The number of aromatic nitrogens is 5. The summed E-state index contributed by atoms with van der Waals surface area (Å²) in [6.45, 7) is 0. The van der Waals surface area contributed by atoms with Crippen molar-refractivity contribution in [1.82, 2.24) is 23.7 Å². The van der Waals surface area contributed by atoms with Crippen molar-refractivity contribution in [3.63, 3.8) is 0 Å². The second-order valence-corrected chi connectivity index (χ2v) is 15.9. The molecule has 0 spiro atoms. The monoisotopic (exact) mass is 825 g/mol. The average Bonchev–Trinajstić information content (AvgIpc) is 4.18. The van der Waals surface area contributed by atoms with Crippen molar-refractivity contribution in [3.05, 3.63) is 212 Å². The Balaban J connectivity index is 1.21. The van der Waals surface area contributed by atoms with Gasteiger partial charge in [0.25, 0.3) is 0 Å². The lowest BCUT2D eigenvalue weighted by molar-refractivity contribution is 0.669. The molecule has 0 saturated heterocycles. The van der Waals surface area contributed by atoms with Crippen molar-refractivity contribution < 1.29 is 15.4 Å². The van der Waals surface area contributed by atoms with E-state index in [4.69, 9.17) is 19.9 Å². The summed E-state index contributed by atoms with van der Waals surface area (Å²) in [5.41, 5.74) is 8.41. The van der Waals surface area contributed by atoms with E-state index in [0.717, 1.165) is 76.8 Å². The second kappa shape index (κ2) is 13.4. The first-order valence-electron chi connectivity index (χ1n) is 25.0. The van der Waals surface area contributed by atoms with E-state index in [9.17, 15) is 5.48 Å². The molecule has 64 heavy (non-hydrogen) atoms. The van der Waals surface area contributed by atoms with Gasteiger partial charge in [-0.15, -0.1) is 0 Å². The highest BCUT2D eigenvalue weighted by molar-refractivity contribution is 6.16. The van der Waals surface area contributed by atoms with Crippen LogP contribution >= 0.6 is 0 Å². The molecule has 0 radical (unpaired) electrons. The van der Waals surface area contributed by atoms with Crippen molar-refractivity contribution in [3.8, 4) is 39.8 Å². The van der Waals surface area contributed by atoms with Crippen molar-refractivity contribution in [1.29, 1.82) is 0 Å². The first-order valence-corrected chi connectivity index (χ1v) is 21.0. The second-order valence-electron chi connectivity index (χ2n) is 15.9. The van der Waals surface area contributed by atoms with Crippen molar-refractivity contribution >= 4 is 87.4 Å². The van der Waals surface area contributed by atoms with Crippen LogP contribution in [-0.4, -0.2) is 23.7 Å². The number of para-hydroxylation sites is 7. The number of benzene rings is 9. The van der Waals surface area contributed by atoms with Gasteiger partial charge in [0.1, 0.15) is 17.0 Å². The van der Waals surface area contributed by atoms with Crippen molar-refractivity contribution in [2.24, 2.45) is 0 Å². The van der Waals surface area contributed by atoms with Gasteiger partial charge in [0.2, 0.25) is 5.95 Å². The van der Waals surface area contributed by atoms with Gasteiger partial charge in [-0.3, -0.25) is 9.13 Å². The standard InChI is InChI=1S/C58H35N5O/c1-8-26-46-36(17-1)37-18-2-9-27-47(37)61(46)52-32-15-24-43(42-25-16-34-54-56(42)44-23-7-14-33-53(44)64-54)57(52)45-35-55(62-48-28-10-3-19-38(48)39-20-4-11-29-49(39)62)60-58(59-45)63-50-30-12-5-21-40(50)41-22-6-13-31-51(41)63/h1-35H/i3D,4D,10D,11D,19D,20D,28D,29D. The van der Waals surface area contributed by atoms with Gasteiger partial charge in [0.05, 0.1) is 55.4 Å². The van der Waals surface area contributed by atoms with E-state index in [2.05, 4.69) is 53.1 Å². The van der Waals surface area contributed by atoms with Crippen LogP contribution in [0.25, 0.3) is 127 Å². The highest BCUT2D eigenvalue weighted by atomic mass is 16.3. The van der Waals surface area contributed by atoms with Gasteiger partial charge in [0.15, 0.2) is 0 Å². The number of fused-ring (bicyclic) bond motifs is 12. The zero-order chi connectivity index (χ0) is 48.8. The third-order valence-electron chi connectivity index (χ3n) is 12.6.